The van der Waals surface area contributed by atoms with Crippen molar-refractivity contribution in [3.63, 3.8) is 0 Å². The number of likely N-dealkylation sites (tertiary alicyclic amines) is 1. The van der Waals surface area contributed by atoms with E-state index in [1.165, 1.54) is 32.1 Å². The number of nitro groups is 1. The van der Waals surface area contributed by atoms with Crippen molar-refractivity contribution >= 4 is 28.9 Å². The van der Waals surface area contributed by atoms with Gasteiger partial charge in [0.2, 0.25) is 0 Å². The molecule has 3 rings (SSSR count). The lowest BCUT2D eigenvalue weighted by Gasteiger charge is -2.16. The minimum atomic E-state index is -0.640. The highest BCUT2D eigenvalue weighted by atomic mass is 35.5. The molecule has 0 aromatic heterocycles. The van der Waals surface area contributed by atoms with E-state index >= 15 is 0 Å². The van der Waals surface area contributed by atoms with Crippen molar-refractivity contribution in [1.29, 1.82) is 0 Å². The molecule has 1 amide bonds. The summed E-state index contributed by atoms with van der Waals surface area (Å²) >= 11 is 5.80. The van der Waals surface area contributed by atoms with E-state index in [1.807, 2.05) is 0 Å². The fourth-order valence-electron chi connectivity index (χ4n) is 3.20. The summed E-state index contributed by atoms with van der Waals surface area (Å²) in [6.45, 7) is 3.59. The van der Waals surface area contributed by atoms with Crippen molar-refractivity contribution in [3.8, 4) is 11.5 Å². The highest BCUT2D eigenvalue weighted by molar-refractivity contribution is 6.31. The lowest BCUT2D eigenvalue weighted by molar-refractivity contribution is -0.385. The number of benzene rings is 2. The minimum Gasteiger partial charge on any atom is -0.493 e. The van der Waals surface area contributed by atoms with Crippen LogP contribution in [0.15, 0.2) is 36.4 Å². The summed E-state index contributed by atoms with van der Waals surface area (Å²) in [6, 6.07) is 8.88. The zero-order chi connectivity index (χ0) is 20.8. The van der Waals surface area contributed by atoms with E-state index in [4.69, 9.17) is 21.1 Å². The van der Waals surface area contributed by atoms with Gasteiger partial charge in [-0.2, -0.15) is 0 Å². The van der Waals surface area contributed by atoms with Crippen molar-refractivity contribution < 1.29 is 19.2 Å². The first kappa shape index (κ1) is 20.9. The summed E-state index contributed by atoms with van der Waals surface area (Å²) in [5, 5.41) is 14.0. The Morgan fingerprint density at radius 1 is 1.21 bits per heavy atom. The molecule has 0 bridgehead atoms. The number of ether oxygens (including phenoxy) is 2. The van der Waals surface area contributed by atoms with Gasteiger partial charge in [-0.3, -0.25) is 19.8 Å². The molecule has 8 nitrogen and oxygen atoms in total. The second kappa shape index (κ2) is 9.58. The Kier molecular flexibility index (Phi) is 6.90. The average Bonchev–Trinajstić information content (AvgIpc) is 3.22. The van der Waals surface area contributed by atoms with Gasteiger partial charge in [-0.15, -0.1) is 0 Å². The van der Waals surface area contributed by atoms with Crippen LogP contribution in [0.1, 0.15) is 23.2 Å². The largest absolute Gasteiger partial charge is 0.493 e. The van der Waals surface area contributed by atoms with Gasteiger partial charge in [-0.25, -0.2) is 0 Å². The third-order valence-electron chi connectivity index (χ3n) is 4.69. The maximum Gasteiger partial charge on any atom is 0.283 e. The lowest BCUT2D eigenvalue weighted by Crippen LogP contribution is -2.25. The molecule has 0 radical (unpaired) electrons. The van der Waals surface area contributed by atoms with Crippen LogP contribution < -0.4 is 14.8 Å². The Balaban J connectivity index is 1.68. The van der Waals surface area contributed by atoms with Crippen molar-refractivity contribution in [3.05, 3.63) is 57.1 Å². The molecular weight excluding hydrogens is 398 g/mol. The number of nitrogens with one attached hydrogen (secondary N) is 1. The van der Waals surface area contributed by atoms with Crippen LogP contribution in [0, 0.1) is 10.1 Å². The van der Waals surface area contributed by atoms with Crippen LogP contribution >= 0.6 is 11.6 Å². The van der Waals surface area contributed by atoms with Gasteiger partial charge in [0.25, 0.3) is 11.6 Å². The molecule has 2 aromatic rings. The zero-order valence-electron chi connectivity index (χ0n) is 16.0. The smallest absolute Gasteiger partial charge is 0.283 e. The van der Waals surface area contributed by atoms with E-state index in [9.17, 15) is 14.9 Å². The normalized spacial score (nSPS) is 13.9. The average molecular weight is 420 g/mol. The van der Waals surface area contributed by atoms with Crippen LogP contribution in [-0.4, -0.2) is 49.1 Å². The molecule has 1 saturated heterocycles. The fourth-order valence-corrected chi connectivity index (χ4v) is 3.37. The van der Waals surface area contributed by atoms with Crippen molar-refractivity contribution in [2.24, 2.45) is 0 Å². The summed E-state index contributed by atoms with van der Waals surface area (Å²) < 4.78 is 11.2. The van der Waals surface area contributed by atoms with Gasteiger partial charge in [-0.05, 0) is 50.2 Å². The highest BCUT2D eigenvalue weighted by Crippen LogP contribution is 2.31. The third-order valence-corrected chi connectivity index (χ3v) is 4.92. The number of nitrogens with zero attached hydrogens (tertiary/aromatic N) is 2. The summed E-state index contributed by atoms with van der Waals surface area (Å²) in [5.41, 5.74) is -0.00358. The van der Waals surface area contributed by atoms with Crippen LogP contribution in [0.3, 0.4) is 0 Å². The van der Waals surface area contributed by atoms with Crippen molar-refractivity contribution in [2.75, 3.05) is 38.7 Å². The molecule has 1 N–H and O–H groups in total. The molecule has 0 saturated carbocycles. The molecule has 0 aliphatic carbocycles. The number of halogens is 1. The molecule has 1 heterocycles. The molecule has 0 spiro atoms. The topological polar surface area (TPSA) is 93.9 Å². The molecule has 1 aliphatic rings. The fraction of sp³-hybridized carbons (Fsp3) is 0.350. The number of methoxy groups -OCH3 is 1. The number of amides is 1. The number of hydrogen-bond donors (Lipinski definition) is 1. The second-order valence-electron chi connectivity index (χ2n) is 6.64. The molecule has 1 fully saturated rings. The van der Waals surface area contributed by atoms with Crippen LogP contribution in [0.25, 0.3) is 0 Å². The standard InChI is InChI=1S/C20H22ClN3O5/c1-28-19-13-15(5-7-18(19)29-11-10-23-8-2-3-9-23)22-20(25)16-6-4-14(21)12-17(16)24(26)27/h4-7,12-13H,2-3,8-11H2,1H3,(H,22,25). The maximum absolute atomic E-state index is 12.5. The van der Waals surface area contributed by atoms with E-state index in [1.54, 1.807) is 18.2 Å². The molecule has 9 heteroatoms. The molecular formula is C20H22ClN3O5. The van der Waals surface area contributed by atoms with Gasteiger partial charge in [0.15, 0.2) is 11.5 Å². The number of carbonyl (C=O) groups excluding carboxylic acids is 1. The van der Waals surface area contributed by atoms with Crippen molar-refractivity contribution in [2.45, 2.75) is 12.8 Å². The van der Waals surface area contributed by atoms with Gasteiger partial charge >= 0.3 is 0 Å². The van der Waals surface area contributed by atoms with Crippen LogP contribution in [0.5, 0.6) is 11.5 Å². The molecule has 0 unspecified atom stereocenters. The predicted octanol–water partition coefficient (Wildman–Crippen LogP) is 3.98. The molecule has 154 valence electrons. The molecule has 1 aliphatic heterocycles. The van der Waals surface area contributed by atoms with Gasteiger partial charge < -0.3 is 14.8 Å². The van der Waals surface area contributed by atoms with E-state index in [0.717, 1.165) is 25.7 Å². The van der Waals surface area contributed by atoms with Gasteiger partial charge in [0.05, 0.1) is 12.0 Å². The molecule has 0 atom stereocenters. The summed E-state index contributed by atoms with van der Waals surface area (Å²) in [5.74, 6) is 0.426. The predicted molar refractivity (Wildman–Crippen MR) is 110 cm³/mol. The van der Waals surface area contributed by atoms with Crippen LogP contribution in [0.2, 0.25) is 5.02 Å². The monoisotopic (exact) mass is 419 g/mol. The zero-order valence-corrected chi connectivity index (χ0v) is 16.8. The first-order valence-electron chi connectivity index (χ1n) is 9.26. The highest BCUT2D eigenvalue weighted by Gasteiger charge is 2.21. The SMILES string of the molecule is COc1cc(NC(=O)c2ccc(Cl)cc2[N+](=O)[O-])ccc1OCCN1CCCC1. The number of anilines is 1. The Morgan fingerprint density at radius 3 is 2.66 bits per heavy atom. The Morgan fingerprint density at radius 2 is 1.97 bits per heavy atom. The first-order valence-corrected chi connectivity index (χ1v) is 9.64. The number of rotatable bonds is 8. The second-order valence-corrected chi connectivity index (χ2v) is 7.07. The molecule has 29 heavy (non-hydrogen) atoms. The van der Waals surface area contributed by atoms with Crippen LogP contribution in [-0.2, 0) is 0 Å². The summed E-state index contributed by atoms with van der Waals surface area (Å²) in [6.07, 6.45) is 2.45. The van der Waals surface area contributed by atoms with Gasteiger partial charge in [0.1, 0.15) is 12.2 Å². The van der Waals surface area contributed by atoms with E-state index < -0.39 is 10.8 Å². The van der Waals surface area contributed by atoms with E-state index in [2.05, 4.69) is 10.2 Å². The summed E-state index contributed by atoms with van der Waals surface area (Å²) in [4.78, 5) is 25.4. The van der Waals surface area contributed by atoms with E-state index in [-0.39, 0.29) is 16.3 Å². The molecule has 2 aromatic carbocycles. The first-order chi connectivity index (χ1) is 14.0. The summed E-state index contributed by atoms with van der Waals surface area (Å²) in [7, 11) is 1.51. The Labute approximate surface area is 173 Å². The van der Waals surface area contributed by atoms with E-state index in [0.29, 0.717) is 23.8 Å². The number of carbonyl (C=O) groups is 1. The van der Waals surface area contributed by atoms with Crippen molar-refractivity contribution in [1.82, 2.24) is 4.90 Å². The van der Waals surface area contributed by atoms with Crippen LogP contribution in [0.4, 0.5) is 11.4 Å². The minimum absolute atomic E-state index is 0.0793. The van der Waals surface area contributed by atoms with Gasteiger partial charge in [-0.1, -0.05) is 11.6 Å². The maximum atomic E-state index is 12.5. The number of hydrogen-bond acceptors (Lipinski definition) is 6. The quantitative estimate of drug-likeness (QED) is 0.513. The number of nitro benzene ring substituents is 1. The Hall–Kier alpha value is -2.84. The third kappa shape index (κ3) is 5.36. The van der Waals surface area contributed by atoms with Gasteiger partial charge in [0, 0.05) is 29.4 Å². The lowest BCUT2D eigenvalue weighted by atomic mass is 10.1. The Bertz CT molecular complexity index is 900.